The van der Waals surface area contributed by atoms with Crippen LogP contribution in [0.1, 0.15) is 11.1 Å². The second-order valence-corrected chi connectivity index (χ2v) is 5.01. The molecular formula is C14H11BrFNO4. The van der Waals surface area contributed by atoms with Crippen LogP contribution in [0.4, 0.5) is 10.1 Å². The quantitative estimate of drug-likeness (QED) is 0.657. The van der Waals surface area contributed by atoms with E-state index in [0.717, 1.165) is 0 Å². The van der Waals surface area contributed by atoms with E-state index in [9.17, 15) is 14.5 Å². The number of halogens is 2. The van der Waals surface area contributed by atoms with Crippen molar-refractivity contribution in [2.75, 3.05) is 0 Å². The first kappa shape index (κ1) is 15.4. The monoisotopic (exact) mass is 355 g/mol. The number of hydrogen-bond acceptors (Lipinski definition) is 4. The van der Waals surface area contributed by atoms with Crippen molar-refractivity contribution in [2.24, 2.45) is 0 Å². The third kappa shape index (κ3) is 3.56. The Labute approximate surface area is 128 Å². The van der Waals surface area contributed by atoms with Crippen molar-refractivity contribution < 1.29 is 19.2 Å². The number of nitro groups is 1. The zero-order valence-electron chi connectivity index (χ0n) is 10.8. The second kappa shape index (κ2) is 6.64. The first-order valence-electron chi connectivity index (χ1n) is 5.96. The third-order valence-electron chi connectivity index (χ3n) is 2.82. The van der Waals surface area contributed by atoms with Gasteiger partial charge in [-0.05, 0) is 33.6 Å². The number of rotatable bonds is 5. The van der Waals surface area contributed by atoms with Crippen LogP contribution in [0.25, 0.3) is 0 Å². The van der Waals surface area contributed by atoms with E-state index in [1.807, 2.05) is 0 Å². The average molecular weight is 356 g/mol. The predicted molar refractivity (Wildman–Crippen MR) is 77.5 cm³/mol. The lowest BCUT2D eigenvalue weighted by atomic mass is 10.2. The van der Waals surface area contributed by atoms with Gasteiger partial charge in [0.15, 0.2) is 5.75 Å². The van der Waals surface area contributed by atoms with Crippen molar-refractivity contribution in [3.05, 3.63) is 67.9 Å². The predicted octanol–water partition coefficient (Wildman–Crippen LogP) is 3.57. The molecule has 0 fully saturated rings. The molecule has 110 valence electrons. The minimum absolute atomic E-state index is 0.0162. The van der Waals surface area contributed by atoms with Crippen molar-refractivity contribution in [3.8, 4) is 5.75 Å². The fourth-order valence-electron chi connectivity index (χ4n) is 1.74. The Balaban J connectivity index is 2.23. The third-order valence-corrected chi connectivity index (χ3v) is 3.71. The zero-order chi connectivity index (χ0) is 15.4. The van der Waals surface area contributed by atoms with Gasteiger partial charge in [0.25, 0.3) is 0 Å². The van der Waals surface area contributed by atoms with E-state index in [1.165, 1.54) is 30.3 Å². The van der Waals surface area contributed by atoms with Crippen molar-refractivity contribution in [3.63, 3.8) is 0 Å². The van der Waals surface area contributed by atoms with E-state index in [4.69, 9.17) is 9.84 Å². The van der Waals surface area contributed by atoms with Gasteiger partial charge < -0.3 is 9.84 Å². The summed E-state index contributed by atoms with van der Waals surface area (Å²) < 4.78 is 19.0. The topological polar surface area (TPSA) is 72.6 Å². The highest BCUT2D eigenvalue weighted by Gasteiger charge is 2.16. The summed E-state index contributed by atoms with van der Waals surface area (Å²) in [5, 5.41) is 20.0. The van der Waals surface area contributed by atoms with Crippen LogP contribution in [-0.2, 0) is 13.2 Å². The summed E-state index contributed by atoms with van der Waals surface area (Å²) >= 11 is 3.10. The Kier molecular flexibility index (Phi) is 4.87. The molecule has 21 heavy (non-hydrogen) atoms. The lowest BCUT2D eigenvalue weighted by Crippen LogP contribution is -2.01. The van der Waals surface area contributed by atoms with E-state index in [2.05, 4.69) is 15.9 Å². The number of hydrogen-bond donors (Lipinski definition) is 1. The smallest absolute Gasteiger partial charge is 0.311 e. The second-order valence-electron chi connectivity index (χ2n) is 4.22. The molecule has 2 aromatic rings. The lowest BCUT2D eigenvalue weighted by Gasteiger charge is -2.09. The maximum absolute atomic E-state index is 13.4. The largest absolute Gasteiger partial charge is 0.482 e. The van der Waals surface area contributed by atoms with Crippen LogP contribution >= 0.6 is 15.9 Å². The maximum Gasteiger partial charge on any atom is 0.311 e. The highest BCUT2D eigenvalue weighted by Crippen LogP contribution is 2.30. The fraction of sp³-hybridized carbons (Fsp3) is 0.143. The Morgan fingerprint density at radius 3 is 2.76 bits per heavy atom. The van der Waals surface area contributed by atoms with Crippen molar-refractivity contribution in [2.45, 2.75) is 13.2 Å². The standard InChI is InChI=1S/C14H11BrFNO4/c15-14-10(2-1-3-11(14)16)8-21-13-5-4-9(7-18)6-12(13)17(19)20/h1-6,18H,7-8H2. The van der Waals surface area contributed by atoms with Gasteiger partial charge in [0.1, 0.15) is 12.4 Å². The summed E-state index contributed by atoms with van der Waals surface area (Å²) in [6, 6.07) is 8.67. The molecule has 0 unspecified atom stereocenters. The van der Waals surface area contributed by atoms with Gasteiger partial charge in [-0.25, -0.2) is 4.39 Å². The van der Waals surface area contributed by atoms with Gasteiger partial charge in [-0.1, -0.05) is 18.2 Å². The summed E-state index contributed by atoms with van der Waals surface area (Å²) in [4.78, 5) is 10.4. The van der Waals surface area contributed by atoms with Gasteiger partial charge in [-0.15, -0.1) is 0 Å². The highest BCUT2D eigenvalue weighted by atomic mass is 79.9. The maximum atomic E-state index is 13.4. The van der Waals surface area contributed by atoms with Crippen molar-refractivity contribution >= 4 is 21.6 Å². The van der Waals surface area contributed by atoms with E-state index >= 15 is 0 Å². The van der Waals surface area contributed by atoms with E-state index in [1.54, 1.807) is 6.07 Å². The number of aliphatic hydroxyl groups excluding tert-OH is 1. The Bertz CT molecular complexity index is 678. The highest BCUT2D eigenvalue weighted by molar-refractivity contribution is 9.10. The van der Waals surface area contributed by atoms with E-state index in [-0.39, 0.29) is 29.1 Å². The Hall–Kier alpha value is -1.99. The molecule has 0 spiro atoms. The number of nitro benzene ring substituents is 1. The number of ether oxygens (including phenoxy) is 1. The molecule has 5 nitrogen and oxygen atoms in total. The molecule has 0 bridgehead atoms. The molecule has 0 atom stereocenters. The molecule has 0 aliphatic carbocycles. The van der Waals surface area contributed by atoms with Crippen molar-refractivity contribution in [1.82, 2.24) is 0 Å². The molecule has 2 rings (SSSR count). The first-order chi connectivity index (χ1) is 10.0. The zero-order valence-corrected chi connectivity index (χ0v) is 12.3. The minimum atomic E-state index is -0.588. The molecule has 0 aliphatic rings. The molecule has 0 saturated heterocycles. The van der Waals surface area contributed by atoms with Gasteiger partial charge >= 0.3 is 5.69 Å². The van der Waals surface area contributed by atoms with Crippen molar-refractivity contribution in [1.29, 1.82) is 0 Å². The van der Waals surface area contributed by atoms with Crippen LogP contribution in [0.3, 0.4) is 0 Å². The molecular weight excluding hydrogens is 345 g/mol. The number of benzene rings is 2. The summed E-state index contributed by atoms with van der Waals surface area (Å²) in [6.07, 6.45) is 0. The number of aliphatic hydroxyl groups is 1. The van der Waals surface area contributed by atoms with Crippen LogP contribution in [0.5, 0.6) is 5.75 Å². The minimum Gasteiger partial charge on any atom is -0.482 e. The Morgan fingerprint density at radius 1 is 1.33 bits per heavy atom. The summed E-state index contributed by atoms with van der Waals surface area (Å²) in [6.45, 7) is -0.311. The summed E-state index contributed by atoms with van der Waals surface area (Å²) in [5.74, 6) is -0.366. The SMILES string of the molecule is O=[N+]([O-])c1cc(CO)ccc1OCc1cccc(F)c1Br. The molecule has 2 aromatic carbocycles. The summed E-state index contributed by atoms with van der Waals surface area (Å²) in [7, 11) is 0. The Morgan fingerprint density at radius 2 is 2.10 bits per heavy atom. The van der Waals surface area contributed by atoms with Gasteiger partial charge in [0.2, 0.25) is 0 Å². The molecule has 0 aromatic heterocycles. The molecule has 0 aliphatic heterocycles. The average Bonchev–Trinajstić information content (AvgIpc) is 2.48. The molecule has 0 amide bonds. The lowest BCUT2D eigenvalue weighted by molar-refractivity contribution is -0.386. The summed E-state index contributed by atoms with van der Waals surface area (Å²) in [5.41, 5.74) is 0.714. The number of nitrogens with zero attached hydrogens (tertiary/aromatic N) is 1. The van der Waals surface area contributed by atoms with Crippen LogP contribution in [0, 0.1) is 15.9 Å². The van der Waals surface area contributed by atoms with Crippen LogP contribution < -0.4 is 4.74 Å². The van der Waals surface area contributed by atoms with Gasteiger partial charge in [0.05, 0.1) is 16.0 Å². The first-order valence-corrected chi connectivity index (χ1v) is 6.76. The normalized spacial score (nSPS) is 10.4. The van der Waals surface area contributed by atoms with E-state index in [0.29, 0.717) is 11.1 Å². The molecule has 0 saturated carbocycles. The van der Waals surface area contributed by atoms with Gasteiger partial charge in [0, 0.05) is 11.6 Å². The molecule has 0 radical (unpaired) electrons. The molecule has 0 heterocycles. The molecule has 7 heteroatoms. The fourth-order valence-corrected chi connectivity index (χ4v) is 2.12. The van der Waals surface area contributed by atoms with Crippen LogP contribution in [0.15, 0.2) is 40.9 Å². The van der Waals surface area contributed by atoms with Gasteiger partial charge in [-0.3, -0.25) is 10.1 Å². The van der Waals surface area contributed by atoms with E-state index < -0.39 is 10.7 Å². The van der Waals surface area contributed by atoms with Gasteiger partial charge in [-0.2, -0.15) is 0 Å². The molecule has 1 N–H and O–H groups in total. The van der Waals surface area contributed by atoms with Crippen LogP contribution in [-0.4, -0.2) is 10.0 Å². The van der Waals surface area contributed by atoms with Crippen LogP contribution in [0.2, 0.25) is 0 Å².